The SMILES string of the molecule is CC(=O)Oc1ccccc1C=O.CC(C#C[Si](C)(C)C)c1ccccc1O.[Br-].[C-]#C[Si](C)(C)C.[Mg+2]. The Kier molecular flexibility index (Phi) is 19.9. The molecule has 0 aliphatic heterocycles. The number of ether oxygens (including phenoxy) is 1. The molecule has 0 spiro atoms. The van der Waals surface area contributed by atoms with E-state index >= 15 is 0 Å². The zero-order valence-corrected chi connectivity index (χ0v) is 27.0. The second-order valence-corrected chi connectivity index (χ2v) is 18.9. The van der Waals surface area contributed by atoms with Crippen LogP contribution in [0.15, 0.2) is 48.5 Å². The van der Waals surface area contributed by atoms with Gasteiger partial charge in [-0.05, 0) is 25.1 Å². The van der Waals surface area contributed by atoms with E-state index in [1.165, 1.54) is 6.92 Å². The van der Waals surface area contributed by atoms with E-state index in [4.69, 9.17) is 11.2 Å². The molecular formula is C27H35BrMgO4Si2. The molecule has 35 heavy (non-hydrogen) atoms. The Balaban J connectivity index is -0.000000462. The third kappa shape index (κ3) is 19.1. The Morgan fingerprint density at radius 3 is 1.91 bits per heavy atom. The van der Waals surface area contributed by atoms with E-state index in [1.54, 1.807) is 30.3 Å². The van der Waals surface area contributed by atoms with Crippen molar-refractivity contribution in [2.75, 3.05) is 0 Å². The zero-order valence-electron chi connectivity index (χ0n) is 22.0. The van der Waals surface area contributed by atoms with Gasteiger partial charge in [0, 0.05) is 18.4 Å². The van der Waals surface area contributed by atoms with E-state index < -0.39 is 22.1 Å². The van der Waals surface area contributed by atoms with Gasteiger partial charge in [0.05, 0.1) is 13.6 Å². The van der Waals surface area contributed by atoms with Crippen molar-refractivity contribution in [1.82, 2.24) is 0 Å². The molecule has 2 aromatic carbocycles. The van der Waals surface area contributed by atoms with Crippen LogP contribution in [0.2, 0.25) is 39.3 Å². The summed E-state index contributed by atoms with van der Waals surface area (Å²) in [6.07, 6.45) is 7.32. The van der Waals surface area contributed by atoms with Crippen molar-refractivity contribution in [2.24, 2.45) is 0 Å². The summed E-state index contributed by atoms with van der Waals surface area (Å²) in [4.78, 5) is 21.0. The molecule has 2 rings (SSSR count). The standard InChI is InChI=1S/C13H18OSi.C9H8O3.C5H9Si.BrH.Mg/c1-11(9-10-15(2,3)4)12-7-5-6-8-13(12)14;1-7(11)12-9-5-3-2-4-8(9)6-10;1-5-6(2,3)4;;/h5-8,11,14H,1-4H3;2-6H,1H3;2-4H3;1H;/q;;-1;;+2/p-1. The maximum atomic E-state index is 10.5. The number of carbonyl (C=O) groups is 2. The van der Waals surface area contributed by atoms with Gasteiger partial charge in [0.15, 0.2) is 6.29 Å². The fraction of sp³-hybridized carbons (Fsp3) is 0.333. The van der Waals surface area contributed by atoms with Gasteiger partial charge in [-0.15, -0.1) is 11.5 Å². The fourth-order valence-corrected chi connectivity index (χ4v) is 2.73. The number of rotatable bonds is 3. The van der Waals surface area contributed by atoms with Gasteiger partial charge in [-0.3, -0.25) is 9.59 Å². The first-order valence-corrected chi connectivity index (χ1v) is 17.7. The average Bonchev–Trinajstić information content (AvgIpc) is 2.72. The van der Waals surface area contributed by atoms with Gasteiger partial charge < -0.3 is 38.8 Å². The molecule has 0 saturated heterocycles. The molecule has 4 nitrogen and oxygen atoms in total. The van der Waals surface area contributed by atoms with Gasteiger partial charge in [0.2, 0.25) is 0 Å². The third-order valence-corrected chi connectivity index (χ3v) is 5.39. The number of phenolic OH excluding ortho intramolecular Hbond substituents is 1. The van der Waals surface area contributed by atoms with Crippen molar-refractivity contribution in [3.8, 4) is 28.5 Å². The van der Waals surface area contributed by atoms with Crippen molar-refractivity contribution in [2.45, 2.75) is 59.0 Å². The van der Waals surface area contributed by atoms with Crippen LogP contribution in [0.25, 0.3) is 0 Å². The van der Waals surface area contributed by atoms with Gasteiger partial charge in [-0.1, -0.05) is 69.6 Å². The number of para-hydroxylation sites is 2. The second-order valence-electron chi connectivity index (χ2n) is 9.42. The van der Waals surface area contributed by atoms with Crippen LogP contribution in [-0.4, -0.2) is 56.6 Å². The summed E-state index contributed by atoms with van der Waals surface area (Å²) in [6, 6.07) is 14.0. The minimum Gasteiger partial charge on any atom is -1.00 e. The van der Waals surface area contributed by atoms with Crippen molar-refractivity contribution in [3.63, 3.8) is 0 Å². The van der Waals surface area contributed by atoms with E-state index in [2.05, 4.69) is 56.3 Å². The van der Waals surface area contributed by atoms with Crippen LogP contribution in [0.3, 0.4) is 0 Å². The molecule has 0 amide bonds. The Labute approximate surface area is 240 Å². The molecule has 1 N–H and O–H groups in total. The van der Waals surface area contributed by atoms with Crippen molar-refractivity contribution in [1.29, 1.82) is 0 Å². The van der Waals surface area contributed by atoms with E-state index in [9.17, 15) is 14.7 Å². The number of esters is 1. The molecule has 0 radical (unpaired) electrons. The molecule has 0 aromatic heterocycles. The van der Waals surface area contributed by atoms with Crippen molar-refractivity contribution < 1.29 is 36.4 Å². The number of aldehydes is 1. The first kappa shape index (κ1) is 37.7. The van der Waals surface area contributed by atoms with E-state index in [-0.39, 0.29) is 46.0 Å². The minimum absolute atomic E-state index is 0. The summed E-state index contributed by atoms with van der Waals surface area (Å²) in [5.41, 5.74) is 7.12. The van der Waals surface area contributed by atoms with Gasteiger partial charge in [-0.25, -0.2) is 0 Å². The van der Waals surface area contributed by atoms with Gasteiger partial charge in [-0.2, -0.15) is 0 Å². The average molecular weight is 584 g/mol. The van der Waals surface area contributed by atoms with Crippen LogP contribution in [0.1, 0.15) is 35.7 Å². The van der Waals surface area contributed by atoms with Crippen LogP contribution in [0.5, 0.6) is 11.5 Å². The summed E-state index contributed by atoms with van der Waals surface area (Å²) in [7, 11) is -2.53. The van der Waals surface area contributed by atoms with Crippen LogP contribution < -0.4 is 21.7 Å². The van der Waals surface area contributed by atoms with Gasteiger partial charge >= 0.3 is 29.0 Å². The molecule has 8 heteroatoms. The number of hydrogen-bond donors (Lipinski definition) is 1. The minimum atomic E-state index is -1.31. The molecule has 0 fully saturated rings. The number of phenols is 1. The predicted molar refractivity (Wildman–Crippen MR) is 147 cm³/mol. The smallest absolute Gasteiger partial charge is 1.00 e. The molecule has 0 aliphatic rings. The maximum absolute atomic E-state index is 10.5. The predicted octanol–water partition coefficient (Wildman–Crippen LogP) is 2.88. The molecule has 0 saturated carbocycles. The Morgan fingerprint density at radius 2 is 1.49 bits per heavy atom. The maximum Gasteiger partial charge on any atom is 2.00 e. The largest absolute Gasteiger partial charge is 2.00 e. The zero-order chi connectivity index (χ0) is 25.7. The Morgan fingerprint density at radius 1 is 1.00 bits per heavy atom. The van der Waals surface area contributed by atoms with E-state index in [1.807, 2.05) is 25.1 Å². The van der Waals surface area contributed by atoms with Gasteiger partial charge in [0.25, 0.3) is 0 Å². The summed E-state index contributed by atoms with van der Waals surface area (Å²) >= 11 is 0. The monoisotopic (exact) mass is 582 g/mol. The number of aromatic hydroxyl groups is 1. The molecule has 0 aliphatic carbocycles. The Bertz CT molecular complexity index is 1030. The summed E-state index contributed by atoms with van der Waals surface area (Å²) in [5, 5.41) is 9.65. The molecular weight excluding hydrogens is 549 g/mol. The normalized spacial score (nSPS) is 10.4. The third-order valence-electron chi connectivity index (χ3n) is 3.74. The van der Waals surface area contributed by atoms with E-state index in [0.29, 0.717) is 23.3 Å². The van der Waals surface area contributed by atoms with Crippen LogP contribution in [-0.2, 0) is 4.79 Å². The first-order chi connectivity index (χ1) is 15.2. The summed E-state index contributed by atoms with van der Waals surface area (Å²) < 4.78 is 4.77. The number of hydrogen-bond acceptors (Lipinski definition) is 4. The molecule has 1 atom stereocenters. The number of carbonyl (C=O) groups excluding carboxylic acids is 2. The number of halogens is 1. The van der Waals surface area contributed by atoms with E-state index in [0.717, 1.165) is 5.56 Å². The summed E-state index contributed by atoms with van der Waals surface area (Å²) in [6.45, 7) is 16.2. The Hall–Kier alpha value is -1.82. The molecule has 2 aromatic rings. The first-order valence-electron chi connectivity index (χ1n) is 10.7. The molecule has 184 valence electrons. The fourth-order valence-electron chi connectivity index (χ4n) is 2.08. The molecule has 1 unspecified atom stereocenters. The molecule has 0 bridgehead atoms. The second kappa shape index (κ2) is 18.4. The topological polar surface area (TPSA) is 63.6 Å². The quantitative estimate of drug-likeness (QED) is 0.151. The number of benzene rings is 2. The van der Waals surface area contributed by atoms with Crippen molar-refractivity contribution >= 4 is 51.5 Å². The van der Waals surface area contributed by atoms with Crippen molar-refractivity contribution in [3.05, 3.63) is 66.1 Å². The molecule has 0 heterocycles. The van der Waals surface area contributed by atoms with Crippen LogP contribution in [0, 0.1) is 23.4 Å². The van der Waals surface area contributed by atoms with Gasteiger partial charge in [0.1, 0.15) is 19.6 Å². The van der Waals surface area contributed by atoms with Crippen LogP contribution in [0.4, 0.5) is 0 Å². The van der Waals surface area contributed by atoms with Crippen LogP contribution >= 0.6 is 0 Å². The summed E-state index contributed by atoms with van der Waals surface area (Å²) in [5.74, 6) is 3.56.